The van der Waals surface area contributed by atoms with E-state index in [1.807, 2.05) is 37.3 Å². The Bertz CT molecular complexity index is 1390. The van der Waals surface area contributed by atoms with Crippen LogP contribution in [0.1, 0.15) is 30.8 Å². The first kappa shape index (κ1) is 24.2. The molecule has 0 bridgehead atoms. The number of sulfonamides is 1. The minimum Gasteiger partial charge on any atom is -0.346 e. The van der Waals surface area contributed by atoms with Crippen molar-refractivity contribution in [1.29, 1.82) is 0 Å². The molecule has 9 heteroatoms. The number of H-pyrrole nitrogens is 1. The van der Waals surface area contributed by atoms with Crippen molar-refractivity contribution >= 4 is 21.6 Å². The van der Waals surface area contributed by atoms with Crippen LogP contribution in [-0.2, 0) is 21.2 Å². The SMILES string of the molecule is CCC(NC(=O)Cc1ccc(NS(=O)(=O)c2ccc(F)cc2)cc1)c1ncc(-c2ccccc2)[nH]1. The predicted molar refractivity (Wildman–Crippen MR) is 133 cm³/mol. The van der Waals surface area contributed by atoms with Crippen molar-refractivity contribution in [2.24, 2.45) is 0 Å². The fourth-order valence-corrected chi connectivity index (χ4v) is 4.65. The van der Waals surface area contributed by atoms with Gasteiger partial charge >= 0.3 is 0 Å². The van der Waals surface area contributed by atoms with Crippen molar-refractivity contribution in [3.8, 4) is 11.3 Å². The van der Waals surface area contributed by atoms with E-state index in [-0.39, 0.29) is 23.3 Å². The van der Waals surface area contributed by atoms with Gasteiger partial charge in [-0.05, 0) is 53.9 Å². The summed E-state index contributed by atoms with van der Waals surface area (Å²) < 4.78 is 40.4. The van der Waals surface area contributed by atoms with Gasteiger partial charge in [0.1, 0.15) is 11.6 Å². The largest absolute Gasteiger partial charge is 0.346 e. The van der Waals surface area contributed by atoms with Crippen molar-refractivity contribution in [3.63, 3.8) is 0 Å². The quantitative estimate of drug-likeness (QED) is 0.311. The maximum atomic E-state index is 13.1. The minimum atomic E-state index is -3.84. The molecule has 1 heterocycles. The first-order chi connectivity index (χ1) is 16.8. The number of amides is 1. The van der Waals surface area contributed by atoms with E-state index in [1.165, 1.54) is 12.1 Å². The number of aromatic nitrogens is 2. The number of carbonyl (C=O) groups excluding carboxylic acids is 1. The Balaban J connectivity index is 1.36. The summed E-state index contributed by atoms with van der Waals surface area (Å²) in [5.41, 5.74) is 2.97. The molecule has 1 atom stereocenters. The molecule has 0 spiro atoms. The van der Waals surface area contributed by atoms with E-state index < -0.39 is 15.8 Å². The van der Waals surface area contributed by atoms with E-state index in [2.05, 4.69) is 20.0 Å². The number of nitrogens with zero attached hydrogens (tertiary/aromatic N) is 1. The molecule has 0 saturated carbocycles. The molecule has 3 N–H and O–H groups in total. The first-order valence-electron chi connectivity index (χ1n) is 11.1. The third-order valence-corrected chi connectivity index (χ3v) is 6.85. The summed E-state index contributed by atoms with van der Waals surface area (Å²) in [5, 5.41) is 3.00. The highest BCUT2D eigenvalue weighted by Crippen LogP contribution is 2.21. The van der Waals surface area contributed by atoms with E-state index in [1.54, 1.807) is 30.5 Å². The number of hydrogen-bond acceptors (Lipinski definition) is 4. The van der Waals surface area contributed by atoms with E-state index in [0.717, 1.165) is 29.0 Å². The van der Waals surface area contributed by atoms with Crippen LogP contribution in [0.2, 0.25) is 0 Å². The number of benzene rings is 3. The fraction of sp³-hybridized carbons (Fsp3) is 0.154. The van der Waals surface area contributed by atoms with Crippen LogP contribution in [0.4, 0.5) is 10.1 Å². The summed E-state index contributed by atoms with van der Waals surface area (Å²) in [7, 11) is -3.84. The maximum Gasteiger partial charge on any atom is 0.261 e. The zero-order chi connectivity index (χ0) is 24.8. The van der Waals surface area contributed by atoms with Crippen LogP contribution in [0.3, 0.4) is 0 Å². The molecule has 0 saturated heterocycles. The smallest absolute Gasteiger partial charge is 0.261 e. The lowest BCUT2D eigenvalue weighted by molar-refractivity contribution is -0.121. The van der Waals surface area contributed by atoms with Crippen molar-refractivity contribution in [3.05, 3.63) is 102 Å². The molecule has 7 nitrogen and oxygen atoms in total. The number of anilines is 1. The molecular formula is C26H25FN4O3S. The van der Waals surface area contributed by atoms with Crippen LogP contribution < -0.4 is 10.0 Å². The summed E-state index contributed by atoms with van der Waals surface area (Å²) in [6.07, 6.45) is 2.55. The Kier molecular flexibility index (Phi) is 7.26. The van der Waals surface area contributed by atoms with Crippen LogP contribution in [-0.4, -0.2) is 24.3 Å². The zero-order valence-corrected chi connectivity index (χ0v) is 19.8. The second kappa shape index (κ2) is 10.5. The maximum absolute atomic E-state index is 13.1. The topological polar surface area (TPSA) is 104 Å². The normalized spacial score (nSPS) is 12.2. The molecule has 1 unspecified atom stereocenters. The van der Waals surface area contributed by atoms with E-state index in [4.69, 9.17) is 0 Å². The lowest BCUT2D eigenvalue weighted by Crippen LogP contribution is -2.30. The third kappa shape index (κ3) is 6.13. The summed E-state index contributed by atoms with van der Waals surface area (Å²) in [5.74, 6) is -0.0000198. The lowest BCUT2D eigenvalue weighted by Gasteiger charge is -2.15. The summed E-state index contributed by atoms with van der Waals surface area (Å²) >= 11 is 0. The molecule has 4 rings (SSSR count). The summed E-state index contributed by atoms with van der Waals surface area (Å²) in [6, 6.07) is 20.7. The minimum absolute atomic E-state index is 0.0405. The number of carbonyl (C=O) groups is 1. The van der Waals surface area contributed by atoms with E-state index >= 15 is 0 Å². The first-order valence-corrected chi connectivity index (χ1v) is 12.6. The highest BCUT2D eigenvalue weighted by Gasteiger charge is 2.17. The number of rotatable bonds is 9. The Morgan fingerprint density at radius 3 is 2.34 bits per heavy atom. The molecule has 3 aromatic carbocycles. The Hall–Kier alpha value is -3.98. The lowest BCUT2D eigenvalue weighted by atomic mass is 10.1. The predicted octanol–water partition coefficient (Wildman–Crippen LogP) is 4.83. The standard InChI is InChI=1S/C26H25FN4O3S/c1-2-23(26-28-17-24(30-26)19-6-4-3-5-7-19)29-25(32)16-18-8-12-21(13-9-18)31-35(33,34)22-14-10-20(27)11-15-22/h3-15,17,23,31H,2,16H2,1H3,(H,28,30)(H,29,32). The summed E-state index contributed by atoms with van der Waals surface area (Å²) in [4.78, 5) is 20.3. The van der Waals surface area contributed by atoms with Gasteiger partial charge in [-0.15, -0.1) is 0 Å². The summed E-state index contributed by atoms with van der Waals surface area (Å²) in [6.45, 7) is 1.97. The molecule has 0 fully saturated rings. The van der Waals surface area contributed by atoms with E-state index in [9.17, 15) is 17.6 Å². The Morgan fingerprint density at radius 1 is 1.00 bits per heavy atom. The van der Waals surface area contributed by atoms with E-state index in [0.29, 0.717) is 17.9 Å². The van der Waals surface area contributed by atoms with Crippen LogP contribution in [0.25, 0.3) is 11.3 Å². The van der Waals surface area contributed by atoms with Gasteiger partial charge in [0.05, 0.1) is 29.2 Å². The average molecular weight is 493 g/mol. The molecule has 35 heavy (non-hydrogen) atoms. The third-order valence-electron chi connectivity index (χ3n) is 5.45. The highest BCUT2D eigenvalue weighted by molar-refractivity contribution is 7.92. The second-order valence-corrected chi connectivity index (χ2v) is 9.69. The van der Waals surface area contributed by atoms with Crippen molar-refractivity contribution in [1.82, 2.24) is 15.3 Å². The number of aromatic amines is 1. The van der Waals surface area contributed by atoms with Crippen molar-refractivity contribution in [2.45, 2.75) is 30.7 Å². The van der Waals surface area contributed by atoms with Gasteiger partial charge in [-0.3, -0.25) is 9.52 Å². The molecule has 0 aliphatic heterocycles. The number of hydrogen-bond donors (Lipinski definition) is 3. The number of imidazole rings is 1. The second-order valence-electron chi connectivity index (χ2n) is 8.01. The molecule has 4 aromatic rings. The van der Waals surface area contributed by atoms with Gasteiger partial charge in [0.15, 0.2) is 0 Å². The van der Waals surface area contributed by atoms with Gasteiger partial charge in [0, 0.05) is 5.69 Å². The number of halogens is 1. The van der Waals surface area contributed by atoms with Gasteiger partial charge in [0.25, 0.3) is 10.0 Å². The Labute approximate surface area is 203 Å². The molecule has 1 aromatic heterocycles. The van der Waals surface area contributed by atoms with Gasteiger partial charge in [-0.1, -0.05) is 49.4 Å². The highest BCUT2D eigenvalue weighted by atomic mass is 32.2. The van der Waals surface area contributed by atoms with Crippen LogP contribution >= 0.6 is 0 Å². The van der Waals surface area contributed by atoms with Gasteiger partial charge in [-0.2, -0.15) is 0 Å². The molecular weight excluding hydrogens is 467 g/mol. The molecule has 0 aliphatic carbocycles. The van der Waals surface area contributed by atoms with Crippen molar-refractivity contribution < 1.29 is 17.6 Å². The average Bonchev–Trinajstić information content (AvgIpc) is 3.35. The Morgan fingerprint density at radius 2 is 1.69 bits per heavy atom. The molecule has 1 amide bonds. The number of nitrogens with one attached hydrogen (secondary N) is 3. The van der Waals surface area contributed by atoms with Gasteiger partial charge in [-0.25, -0.2) is 17.8 Å². The fourth-order valence-electron chi connectivity index (χ4n) is 3.59. The van der Waals surface area contributed by atoms with Crippen LogP contribution in [0, 0.1) is 5.82 Å². The van der Waals surface area contributed by atoms with Crippen LogP contribution in [0.15, 0.2) is 90.0 Å². The van der Waals surface area contributed by atoms with Gasteiger partial charge < -0.3 is 10.3 Å². The molecule has 180 valence electrons. The monoisotopic (exact) mass is 492 g/mol. The van der Waals surface area contributed by atoms with Crippen molar-refractivity contribution in [2.75, 3.05) is 4.72 Å². The zero-order valence-electron chi connectivity index (χ0n) is 19.0. The molecule has 0 aliphatic rings. The van der Waals surface area contributed by atoms with Gasteiger partial charge in [0.2, 0.25) is 5.91 Å². The van der Waals surface area contributed by atoms with Crippen LogP contribution in [0.5, 0.6) is 0 Å². The molecule has 0 radical (unpaired) electrons.